The van der Waals surface area contributed by atoms with Crippen LogP contribution in [-0.2, 0) is 0 Å². The SMILES string of the molecule is c1ccc2c(c1)NC1Nc3ccccc3-c3cccc-2c31. The summed E-state index contributed by atoms with van der Waals surface area (Å²) in [6.07, 6.45) is 0.140. The molecule has 0 spiro atoms. The smallest absolute Gasteiger partial charge is 0.124 e. The third-order valence-corrected chi connectivity index (χ3v) is 4.43. The quantitative estimate of drug-likeness (QED) is 0.609. The van der Waals surface area contributed by atoms with E-state index in [0.29, 0.717) is 0 Å². The summed E-state index contributed by atoms with van der Waals surface area (Å²) in [7, 11) is 0. The molecule has 0 saturated carbocycles. The summed E-state index contributed by atoms with van der Waals surface area (Å²) < 4.78 is 0. The highest BCUT2D eigenvalue weighted by Gasteiger charge is 2.30. The second-order valence-corrected chi connectivity index (χ2v) is 5.58. The minimum absolute atomic E-state index is 0.140. The predicted octanol–water partition coefficient (Wildman–Crippen LogP) is 4.87. The number of anilines is 2. The third-order valence-electron chi connectivity index (χ3n) is 4.43. The van der Waals surface area contributed by atoms with E-state index in [0.717, 1.165) is 0 Å². The van der Waals surface area contributed by atoms with Gasteiger partial charge in [0.05, 0.1) is 0 Å². The average Bonchev–Trinajstić information content (AvgIpc) is 2.55. The van der Waals surface area contributed by atoms with Gasteiger partial charge in [-0.3, -0.25) is 0 Å². The second kappa shape index (κ2) is 3.89. The number of benzene rings is 3. The molecule has 0 bridgehead atoms. The van der Waals surface area contributed by atoms with Gasteiger partial charge in [-0.25, -0.2) is 0 Å². The first-order chi connectivity index (χ1) is 10.4. The molecule has 0 fully saturated rings. The van der Waals surface area contributed by atoms with E-state index in [1.165, 1.54) is 39.2 Å². The molecule has 2 nitrogen and oxygen atoms in total. The van der Waals surface area contributed by atoms with Crippen LogP contribution in [0, 0.1) is 0 Å². The fourth-order valence-electron chi connectivity index (χ4n) is 3.53. The van der Waals surface area contributed by atoms with E-state index >= 15 is 0 Å². The van der Waals surface area contributed by atoms with Crippen molar-refractivity contribution < 1.29 is 0 Å². The van der Waals surface area contributed by atoms with Crippen LogP contribution < -0.4 is 10.6 Å². The molecule has 0 radical (unpaired) electrons. The molecule has 0 amide bonds. The summed E-state index contributed by atoms with van der Waals surface area (Å²) >= 11 is 0. The Bertz CT molecular complexity index is 799. The largest absolute Gasteiger partial charge is 0.361 e. The number of hydrogen-bond donors (Lipinski definition) is 2. The average molecular weight is 270 g/mol. The van der Waals surface area contributed by atoms with Gasteiger partial charge in [-0.2, -0.15) is 0 Å². The Morgan fingerprint density at radius 2 is 1.00 bits per heavy atom. The lowest BCUT2D eigenvalue weighted by atomic mass is 9.84. The van der Waals surface area contributed by atoms with Gasteiger partial charge in [-0.05, 0) is 23.3 Å². The molecule has 2 heteroatoms. The maximum Gasteiger partial charge on any atom is 0.124 e. The number of rotatable bonds is 0. The number of para-hydroxylation sites is 2. The highest BCUT2D eigenvalue weighted by atomic mass is 15.1. The summed E-state index contributed by atoms with van der Waals surface area (Å²) in [5, 5.41) is 7.25. The molecule has 5 rings (SSSR count). The van der Waals surface area contributed by atoms with Gasteiger partial charge < -0.3 is 10.6 Å². The first-order valence-corrected chi connectivity index (χ1v) is 7.26. The summed E-state index contributed by atoms with van der Waals surface area (Å²) in [6.45, 7) is 0. The van der Waals surface area contributed by atoms with Crippen LogP contribution in [0.3, 0.4) is 0 Å². The molecule has 0 aliphatic carbocycles. The van der Waals surface area contributed by atoms with Crippen molar-refractivity contribution in [2.45, 2.75) is 6.17 Å². The maximum absolute atomic E-state index is 3.62. The Kier molecular flexibility index (Phi) is 2.03. The van der Waals surface area contributed by atoms with Crippen LogP contribution in [0.25, 0.3) is 22.3 Å². The fourth-order valence-corrected chi connectivity index (χ4v) is 3.53. The minimum Gasteiger partial charge on any atom is -0.361 e. The van der Waals surface area contributed by atoms with Crippen molar-refractivity contribution in [3.8, 4) is 22.3 Å². The van der Waals surface area contributed by atoms with E-state index < -0.39 is 0 Å². The Labute approximate surface area is 123 Å². The molecular weight excluding hydrogens is 256 g/mol. The molecule has 0 unspecified atom stereocenters. The van der Waals surface area contributed by atoms with Gasteiger partial charge in [-0.15, -0.1) is 0 Å². The second-order valence-electron chi connectivity index (χ2n) is 5.58. The molecule has 3 aromatic carbocycles. The molecule has 2 aliphatic rings. The summed E-state index contributed by atoms with van der Waals surface area (Å²) in [6, 6.07) is 23.6. The van der Waals surface area contributed by atoms with E-state index in [-0.39, 0.29) is 6.17 Å². The van der Waals surface area contributed by atoms with Crippen LogP contribution in [0.2, 0.25) is 0 Å². The Morgan fingerprint density at radius 1 is 0.524 bits per heavy atom. The van der Waals surface area contributed by atoms with Crippen molar-refractivity contribution in [3.63, 3.8) is 0 Å². The first-order valence-electron chi connectivity index (χ1n) is 7.26. The molecule has 2 N–H and O–H groups in total. The first kappa shape index (κ1) is 11.0. The maximum atomic E-state index is 3.62. The van der Waals surface area contributed by atoms with Crippen LogP contribution in [-0.4, -0.2) is 0 Å². The molecule has 0 saturated heterocycles. The van der Waals surface area contributed by atoms with E-state index in [1.54, 1.807) is 0 Å². The zero-order valence-electron chi connectivity index (χ0n) is 11.4. The van der Waals surface area contributed by atoms with Crippen molar-refractivity contribution in [2.75, 3.05) is 10.6 Å². The van der Waals surface area contributed by atoms with E-state index in [4.69, 9.17) is 0 Å². The fraction of sp³-hybridized carbons (Fsp3) is 0.0526. The lowest BCUT2D eigenvalue weighted by Crippen LogP contribution is -2.27. The lowest BCUT2D eigenvalue weighted by molar-refractivity contribution is 0.885. The zero-order chi connectivity index (χ0) is 13.8. The normalized spacial score (nSPS) is 14.3. The topological polar surface area (TPSA) is 24.1 Å². The van der Waals surface area contributed by atoms with Gasteiger partial charge in [-0.1, -0.05) is 54.6 Å². The van der Waals surface area contributed by atoms with Crippen molar-refractivity contribution in [1.29, 1.82) is 0 Å². The van der Waals surface area contributed by atoms with Crippen LogP contribution >= 0.6 is 0 Å². The summed E-state index contributed by atoms with van der Waals surface area (Å²) in [5.41, 5.74) is 8.97. The number of hydrogen-bond acceptors (Lipinski definition) is 2. The molecule has 0 aromatic heterocycles. The molecule has 2 aliphatic heterocycles. The van der Waals surface area contributed by atoms with Crippen LogP contribution in [0.5, 0.6) is 0 Å². The van der Waals surface area contributed by atoms with Gasteiger partial charge in [0.15, 0.2) is 0 Å². The standard InChI is InChI=1S/C19H14N2/c1-3-10-16-12(6-1)14-8-5-9-15-13-7-2-4-11-17(13)21-19(20-16)18(14)15/h1-11,19-21H. The Morgan fingerprint density at radius 3 is 1.57 bits per heavy atom. The van der Waals surface area contributed by atoms with Crippen molar-refractivity contribution in [3.05, 3.63) is 72.3 Å². The molecule has 0 atom stereocenters. The van der Waals surface area contributed by atoms with Gasteiger partial charge in [0, 0.05) is 28.1 Å². The van der Waals surface area contributed by atoms with Gasteiger partial charge >= 0.3 is 0 Å². The van der Waals surface area contributed by atoms with Gasteiger partial charge in [0.2, 0.25) is 0 Å². The monoisotopic (exact) mass is 270 g/mol. The highest BCUT2D eigenvalue weighted by molar-refractivity contribution is 5.94. The van der Waals surface area contributed by atoms with Crippen molar-refractivity contribution >= 4 is 11.4 Å². The molecular formula is C19H14N2. The molecule has 3 aromatic rings. The Hall–Kier alpha value is -2.74. The van der Waals surface area contributed by atoms with Crippen LogP contribution in [0.1, 0.15) is 11.7 Å². The summed E-state index contributed by atoms with van der Waals surface area (Å²) in [4.78, 5) is 0. The number of nitrogens with one attached hydrogen (secondary N) is 2. The van der Waals surface area contributed by atoms with E-state index in [9.17, 15) is 0 Å². The van der Waals surface area contributed by atoms with Crippen LogP contribution in [0.4, 0.5) is 11.4 Å². The van der Waals surface area contributed by atoms with Crippen molar-refractivity contribution in [2.24, 2.45) is 0 Å². The van der Waals surface area contributed by atoms with Gasteiger partial charge in [0.25, 0.3) is 0 Å². The molecule has 100 valence electrons. The third kappa shape index (κ3) is 1.42. The lowest BCUT2D eigenvalue weighted by Gasteiger charge is -2.36. The molecule has 21 heavy (non-hydrogen) atoms. The highest BCUT2D eigenvalue weighted by Crippen LogP contribution is 2.48. The number of fused-ring (bicyclic) bond motifs is 4. The predicted molar refractivity (Wildman–Crippen MR) is 87.3 cm³/mol. The van der Waals surface area contributed by atoms with Crippen LogP contribution in [0.15, 0.2) is 66.7 Å². The Balaban J connectivity index is 1.86. The van der Waals surface area contributed by atoms with Crippen molar-refractivity contribution in [1.82, 2.24) is 0 Å². The molecule has 2 heterocycles. The minimum atomic E-state index is 0.140. The van der Waals surface area contributed by atoms with E-state index in [2.05, 4.69) is 77.4 Å². The zero-order valence-corrected chi connectivity index (χ0v) is 11.4. The van der Waals surface area contributed by atoms with Gasteiger partial charge in [0.1, 0.15) is 6.17 Å². The summed E-state index contributed by atoms with van der Waals surface area (Å²) in [5.74, 6) is 0. The van der Waals surface area contributed by atoms with E-state index in [1.807, 2.05) is 0 Å².